The molecule has 0 saturated carbocycles. The summed E-state index contributed by atoms with van der Waals surface area (Å²) in [7, 11) is 0. The monoisotopic (exact) mass is 187 g/mol. The highest BCUT2D eigenvalue weighted by molar-refractivity contribution is 5.94. The van der Waals surface area contributed by atoms with Gasteiger partial charge in [-0.2, -0.15) is 0 Å². The van der Waals surface area contributed by atoms with Gasteiger partial charge < -0.3 is 5.32 Å². The van der Waals surface area contributed by atoms with E-state index < -0.39 is 0 Å². The molecule has 1 rings (SSSR count). The van der Waals surface area contributed by atoms with Gasteiger partial charge in [-0.15, -0.1) is 6.42 Å². The van der Waals surface area contributed by atoms with Crippen LogP contribution in [0.15, 0.2) is 30.3 Å². The number of carbonyl (C=O) groups excluding carboxylic acids is 1. The minimum absolute atomic E-state index is 0.148. The summed E-state index contributed by atoms with van der Waals surface area (Å²) in [6, 6.07) is 10.0. The van der Waals surface area contributed by atoms with E-state index in [1.54, 1.807) is 0 Å². The Hall–Kier alpha value is -1.59. The number of terminal acetylenes is 1. The van der Waals surface area contributed by atoms with Crippen LogP contribution in [0.4, 0.5) is 0 Å². The lowest BCUT2D eigenvalue weighted by Crippen LogP contribution is -2.17. The van der Waals surface area contributed by atoms with Crippen molar-refractivity contribution in [1.29, 1.82) is 0 Å². The number of hydrogen-bond donors (Lipinski definition) is 1. The number of nitrogens with one attached hydrogen (secondary N) is 1. The zero-order valence-corrected chi connectivity index (χ0v) is 7.99. The van der Waals surface area contributed by atoms with Gasteiger partial charge in [-0.3, -0.25) is 4.79 Å². The highest BCUT2D eigenvalue weighted by atomic mass is 16.1. The summed E-state index contributed by atoms with van der Waals surface area (Å²) in [4.78, 5) is 10.7. The SMILES string of the molecule is C#CC(=O)CCNCc1ccccc1. The zero-order chi connectivity index (χ0) is 10.2. The van der Waals surface area contributed by atoms with Crippen molar-refractivity contribution in [1.82, 2.24) is 5.32 Å². The van der Waals surface area contributed by atoms with Crippen molar-refractivity contribution in [3.05, 3.63) is 35.9 Å². The van der Waals surface area contributed by atoms with E-state index >= 15 is 0 Å². The van der Waals surface area contributed by atoms with E-state index in [0.717, 1.165) is 6.54 Å². The van der Waals surface area contributed by atoms with Crippen molar-refractivity contribution in [3.63, 3.8) is 0 Å². The summed E-state index contributed by atoms with van der Waals surface area (Å²) in [5.74, 6) is 1.94. The first kappa shape index (κ1) is 10.5. The molecule has 0 unspecified atom stereocenters. The van der Waals surface area contributed by atoms with Crippen molar-refractivity contribution in [2.75, 3.05) is 6.54 Å². The van der Waals surface area contributed by atoms with Gasteiger partial charge in [0.05, 0.1) is 0 Å². The number of ketones is 1. The molecule has 2 nitrogen and oxygen atoms in total. The zero-order valence-electron chi connectivity index (χ0n) is 7.99. The quantitative estimate of drug-likeness (QED) is 0.428. The first-order chi connectivity index (χ1) is 6.83. The molecule has 0 aliphatic carbocycles. The minimum atomic E-state index is -0.148. The maximum Gasteiger partial charge on any atom is 0.206 e. The van der Waals surface area contributed by atoms with Gasteiger partial charge >= 0.3 is 0 Å². The van der Waals surface area contributed by atoms with Crippen LogP contribution in [0.25, 0.3) is 0 Å². The fraction of sp³-hybridized carbons (Fsp3) is 0.250. The molecule has 1 N–H and O–H groups in total. The first-order valence-corrected chi connectivity index (χ1v) is 4.57. The van der Waals surface area contributed by atoms with Crippen LogP contribution in [0.1, 0.15) is 12.0 Å². The third kappa shape index (κ3) is 3.88. The van der Waals surface area contributed by atoms with E-state index in [0.29, 0.717) is 13.0 Å². The van der Waals surface area contributed by atoms with Crippen LogP contribution in [0.5, 0.6) is 0 Å². The molecule has 0 radical (unpaired) electrons. The summed E-state index contributed by atoms with van der Waals surface area (Å²) in [5, 5.41) is 3.15. The van der Waals surface area contributed by atoms with E-state index in [9.17, 15) is 4.79 Å². The van der Waals surface area contributed by atoms with Crippen LogP contribution in [-0.2, 0) is 11.3 Å². The van der Waals surface area contributed by atoms with Crippen LogP contribution < -0.4 is 5.32 Å². The summed E-state index contributed by atoms with van der Waals surface area (Å²) < 4.78 is 0. The Bertz CT molecular complexity index is 324. The molecule has 14 heavy (non-hydrogen) atoms. The Morgan fingerprint density at radius 1 is 1.36 bits per heavy atom. The number of benzene rings is 1. The number of hydrogen-bond acceptors (Lipinski definition) is 2. The Labute approximate surface area is 84.3 Å². The van der Waals surface area contributed by atoms with Crippen LogP contribution >= 0.6 is 0 Å². The molecule has 0 aliphatic heterocycles. The molecule has 0 spiro atoms. The number of carbonyl (C=O) groups is 1. The van der Waals surface area contributed by atoms with E-state index in [1.165, 1.54) is 5.56 Å². The van der Waals surface area contributed by atoms with Gasteiger partial charge in [0.25, 0.3) is 0 Å². The molecule has 0 bridgehead atoms. The Kier molecular flexibility index (Phi) is 4.46. The molecule has 0 saturated heterocycles. The van der Waals surface area contributed by atoms with Gasteiger partial charge in [-0.25, -0.2) is 0 Å². The lowest BCUT2D eigenvalue weighted by molar-refractivity contribution is -0.113. The summed E-state index contributed by atoms with van der Waals surface area (Å²) >= 11 is 0. The summed E-state index contributed by atoms with van der Waals surface area (Å²) in [5.41, 5.74) is 1.21. The number of rotatable bonds is 5. The topological polar surface area (TPSA) is 29.1 Å². The molecule has 0 fully saturated rings. The Morgan fingerprint density at radius 3 is 2.71 bits per heavy atom. The fourth-order valence-electron chi connectivity index (χ4n) is 1.10. The predicted octanol–water partition coefficient (Wildman–Crippen LogP) is 1.37. The molecule has 0 amide bonds. The first-order valence-electron chi connectivity index (χ1n) is 4.57. The smallest absolute Gasteiger partial charge is 0.206 e. The molecular formula is C12H13NO. The second kappa shape index (κ2) is 5.95. The Balaban J connectivity index is 2.17. The molecule has 0 aliphatic rings. The average Bonchev–Trinajstić information content (AvgIpc) is 2.25. The van der Waals surface area contributed by atoms with E-state index in [-0.39, 0.29) is 5.78 Å². The number of Topliss-reactive ketones (excluding diaryl/α,β-unsaturated/α-hetero) is 1. The van der Waals surface area contributed by atoms with Gasteiger partial charge in [0, 0.05) is 19.5 Å². The highest BCUT2D eigenvalue weighted by Gasteiger charge is 1.95. The van der Waals surface area contributed by atoms with Gasteiger partial charge in [0.1, 0.15) is 0 Å². The predicted molar refractivity (Wildman–Crippen MR) is 56.6 cm³/mol. The van der Waals surface area contributed by atoms with Crippen LogP contribution in [0.2, 0.25) is 0 Å². The second-order valence-corrected chi connectivity index (χ2v) is 2.98. The van der Waals surface area contributed by atoms with E-state index in [4.69, 9.17) is 6.42 Å². The van der Waals surface area contributed by atoms with Crippen molar-refractivity contribution >= 4 is 5.78 Å². The molecule has 0 heterocycles. The van der Waals surface area contributed by atoms with Gasteiger partial charge in [-0.1, -0.05) is 30.3 Å². The van der Waals surface area contributed by atoms with Gasteiger partial charge in [0.2, 0.25) is 5.78 Å². The van der Waals surface area contributed by atoms with Crippen LogP contribution in [-0.4, -0.2) is 12.3 Å². The molecule has 0 atom stereocenters. The van der Waals surface area contributed by atoms with E-state index in [1.807, 2.05) is 30.3 Å². The van der Waals surface area contributed by atoms with E-state index in [2.05, 4.69) is 11.2 Å². The highest BCUT2D eigenvalue weighted by Crippen LogP contribution is 1.96. The standard InChI is InChI=1S/C12H13NO/c1-2-12(14)8-9-13-10-11-6-4-3-5-7-11/h1,3-7,13H,8-10H2. The normalized spacial score (nSPS) is 9.36. The Morgan fingerprint density at radius 2 is 2.07 bits per heavy atom. The molecule has 1 aromatic rings. The van der Waals surface area contributed by atoms with Crippen molar-refractivity contribution in [2.45, 2.75) is 13.0 Å². The van der Waals surface area contributed by atoms with Crippen LogP contribution in [0, 0.1) is 12.3 Å². The lowest BCUT2D eigenvalue weighted by Gasteiger charge is -2.02. The van der Waals surface area contributed by atoms with Gasteiger partial charge in [0.15, 0.2) is 0 Å². The third-order valence-electron chi connectivity index (χ3n) is 1.86. The average molecular weight is 187 g/mol. The lowest BCUT2D eigenvalue weighted by atomic mass is 10.2. The molecular weight excluding hydrogens is 174 g/mol. The maximum atomic E-state index is 10.7. The van der Waals surface area contributed by atoms with Crippen LogP contribution in [0.3, 0.4) is 0 Å². The van der Waals surface area contributed by atoms with Crippen molar-refractivity contribution in [2.24, 2.45) is 0 Å². The second-order valence-electron chi connectivity index (χ2n) is 2.98. The third-order valence-corrected chi connectivity index (χ3v) is 1.86. The maximum absolute atomic E-state index is 10.7. The summed E-state index contributed by atoms with van der Waals surface area (Å²) in [6.45, 7) is 1.41. The molecule has 0 aromatic heterocycles. The minimum Gasteiger partial charge on any atom is -0.312 e. The fourth-order valence-corrected chi connectivity index (χ4v) is 1.10. The van der Waals surface area contributed by atoms with Crippen molar-refractivity contribution < 1.29 is 4.79 Å². The molecule has 72 valence electrons. The summed E-state index contributed by atoms with van der Waals surface area (Å²) in [6.07, 6.45) is 5.34. The molecule has 1 aromatic carbocycles. The largest absolute Gasteiger partial charge is 0.312 e. The van der Waals surface area contributed by atoms with Gasteiger partial charge in [-0.05, 0) is 11.5 Å². The molecule has 2 heteroatoms. The van der Waals surface area contributed by atoms with Crippen molar-refractivity contribution in [3.8, 4) is 12.3 Å².